The van der Waals surface area contributed by atoms with Crippen molar-refractivity contribution in [1.82, 2.24) is 0 Å². The Labute approximate surface area is 115 Å². The van der Waals surface area contributed by atoms with Crippen LogP contribution < -0.4 is 51.4 Å². The van der Waals surface area contributed by atoms with Gasteiger partial charge in [0.1, 0.15) is 0 Å². The molecule has 0 radical (unpaired) electrons. The van der Waals surface area contributed by atoms with E-state index in [0.717, 1.165) is 5.56 Å². The Balaban J connectivity index is 0.00000121. The van der Waals surface area contributed by atoms with Crippen LogP contribution in [0, 0.1) is 6.92 Å². The summed E-state index contributed by atoms with van der Waals surface area (Å²) in [6, 6.07) is 6.19. The Kier molecular flexibility index (Phi) is 5.16. The van der Waals surface area contributed by atoms with E-state index in [4.69, 9.17) is 5.14 Å². The van der Waals surface area contributed by atoms with Crippen molar-refractivity contribution >= 4 is 10.0 Å². The third kappa shape index (κ3) is 3.65. The number of nitrogens with one attached hydrogen (secondary N) is 1. The summed E-state index contributed by atoms with van der Waals surface area (Å²) < 4.78 is 21.2. The zero-order valence-corrected chi connectivity index (χ0v) is 11.0. The molecule has 1 rings (SSSR count). The predicted molar refractivity (Wildman–Crippen MR) is 42.7 cm³/mol. The van der Waals surface area contributed by atoms with Crippen LogP contribution in [-0.2, 0) is 10.0 Å². The Morgan fingerprint density at radius 2 is 1.58 bits per heavy atom. The molecule has 0 atom stereocenters. The first-order valence-electron chi connectivity index (χ1n) is 3.06. The van der Waals surface area contributed by atoms with Crippen molar-refractivity contribution < 1.29 is 59.8 Å². The van der Waals surface area contributed by atoms with Gasteiger partial charge in [-0.2, -0.15) is 0 Å². The van der Waals surface area contributed by atoms with E-state index in [2.05, 4.69) is 0 Å². The molecule has 60 valence electrons. The van der Waals surface area contributed by atoms with Crippen LogP contribution in [0.4, 0.5) is 0 Å². The zero-order chi connectivity index (χ0) is 8.48. The van der Waals surface area contributed by atoms with E-state index in [1.165, 1.54) is 12.1 Å². The molecule has 3 nitrogen and oxygen atoms in total. The summed E-state index contributed by atoms with van der Waals surface area (Å²) in [5.74, 6) is 0. The molecule has 1 aromatic carbocycles. The molecular formula is C7H8KNO2S. The Morgan fingerprint density at radius 3 is 1.92 bits per heavy atom. The molecule has 12 heavy (non-hydrogen) atoms. The fraction of sp³-hybridized carbons (Fsp3) is 0.143. The van der Waals surface area contributed by atoms with Gasteiger partial charge in [0, 0.05) is 4.90 Å². The van der Waals surface area contributed by atoms with E-state index < -0.39 is 10.0 Å². The van der Waals surface area contributed by atoms with Gasteiger partial charge in [-0.05, 0) is 19.1 Å². The number of rotatable bonds is 1. The van der Waals surface area contributed by atoms with E-state index >= 15 is 0 Å². The maximum atomic E-state index is 10.6. The largest absolute Gasteiger partial charge is 1.00 e. The van der Waals surface area contributed by atoms with Gasteiger partial charge in [0.15, 0.2) is 0 Å². The summed E-state index contributed by atoms with van der Waals surface area (Å²) in [7, 11) is -3.77. The summed E-state index contributed by atoms with van der Waals surface area (Å²) in [5, 5.41) is 6.72. The van der Waals surface area contributed by atoms with Gasteiger partial charge in [-0.1, -0.05) is 17.7 Å². The van der Waals surface area contributed by atoms with Crippen LogP contribution in [0.2, 0.25) is 0 Å². The van der Waals surface area contributed by atoms with Crippen LogP contribution in [0.15, 0.2) is 29.2 Å². The quantitative estimate of drug-likeness (QED) is 0.542. The minimum atomic E-state index is -3.77. The molecule has 5 heteroatoms. The molecule has 0 unspecified atom stereocenters. The first kappa shape index (κ1) is 12.8. The third-order valence-corrected chi connectivity index (χ3v) is 2.22. The molecule has 0 aliphatic carbocycles. The maximum absolute atomic E-state index is 10.6. The van der Waals surface area contributed by atoms with Gasteiger partial charge in [0.05, 0.1) is 10.0 Å². The second-order valence-electron chi connectivity index (χ2n) is 2.32. The number of sulfonamides is 1. The number of benzene rings is 1. The van der Waals surface area contributed by atoms with Gasteiger partial charge in [0.2, 0.25) is 0 Å². The van der Waals surface area contributed by atoms with Crippen LogP contribution in [0.25, 0.3) is 5.14 Å². The summed E-state index contributed by atoms with van der Waals surface area (Å²) >= 11 is 0. The van der Waals surface area contributed by atoms with Crippen molar-refractivity contribution in [1.29, 1.82) is 0 Å². The van der Waals surface area contributed by atoms with Gasteiger partial charge in [-0.3, -0.25) is 0 Å². The van der Waals surface area contributed by atoms with Crippen molar-refractivity contribution in [2.75, 3.05) is 0 Å². The van der Waals surface area contributed by atoms with Crippen LogP contribution >= 0.6 is 0 Å². The second kappa shape index (κ2) is 4.85. The van der Waals surface area contributed by atoms with Crippen molar-refractivity contribution in [3.8, 4) is 0 Å². The van der Waals surface area contributed by atoms with Gasteiger partial charge >= 0.3 is 51.4 Å². The molecule has 1 aromatic rings. The fourth-order valence-corrected chi connectivity index (χ4v) is 1.21. The van der Waals surface area contributed by atoms with Crippen molar-refractivity contribution in [3.63, 3.8) is 0 Å². The smallest absolute Gasteiger partial charge is 0.560 e. The first-order chi connectivity index (χ1) is 5.00. The van der Waals surface area contributed by atoms with E-state index in [1.807, 2.05) is 6.92 Å². The monoisotopic (exact) mass is 209 g/mol. The standard InChI is InChI=1S/C7H8NO2S.K/c1-6-2-4-7(5-3-6)11(8,9)10;/h2-5H,1H3,(H-,8,9,10);/q-1;+1. The SMILES string of the molecule is Cc1ccc(S([NH-])(=O)=O)cc1.[K+]. The number of hydrogen-bond acceptors (Lipinski definition) is 2. The molecule has 0 spiro atoms. The van der Waals surface area contributed by atoms with Crippen molar-refractivity contribution in [2.24, 2.45) is 0 Å². The Morgan fingerprint density at radius 1 is 1.17 bits per heavy atom. The van der Waals surface area contributed by atoms with Crippen molar-refractivity contribution in [3.05, 3.63) is 35.0 Å². The maximum Gasteiger partial charge on any atom is 1.00 e. The van der Waals surface area contributed by atoms with Gasteiger partial charge in [-0.15, -0.1) is 0 Å². The Bertz CT molecular complexity index is 344. The molecule has 0 fully saturated rings. The zero-order valence-electron chi connectivity index (χ0n) is 7.03. The van der Waals surface area contributed by atoms with E-state index in [-0.39, 0.29) is 56.3 Å². The summed E-state index contributed by atoms with van der Waals surface area (Å²) in [5.41, 5.74) is 0.984. The summed E-state index contributed by atoms with van der Waals surface area (Å²) in [4.78, 5) is 0.0445. The fourth-order valence-electron chi connectivity index (χ4n) is 0.717. The third-order valence-electron chi connectivity index (χ3n) is 1.33. The minimum Gasteiger partial charge on any atom is -0.560 e. The van der Waals surface area contributed by atoms with E-state index in [9.17, 15) is 8.42 Å². The molecule has 1 N–H and O–H groups in total. The molecule has 0 amide bonds. The molecule has 0 saturated heterocycles. The molecule has 0 heterocycles. The van der Waals surface area contributed by atoms with Gasteiger partial charge in [0.25, 0.3) is 0 Å². The Hall–Kier alpha value is 0.766. The van der Waals surface area contributed by atoms with Crippen LogP contribution in [0.3, 0.4) is 0 Å². The number of hydrogen-bond donors (Lipinski definition) is 0. The van der Waals surface area contributed by atoms with Crippen LogP contribution in [0.1, 0.15) is 5.56 Å². The predicted octanol–water partition coefficient (Wildman–Crippen LogP) is -1.26. The summed E-state index contributed by atoms with van der Waals surface area (Å²) in [6.45, 7) is 1.86. The van der Waals surface area contributed by atoms with Crippen molar-refractivity contribution in [2.45, 2.75) is 11.8 Å². The topological polar surface area (TPSA) is 57.9 Å². The van der Waals surface area contributed by atoms with Gasteiger partial charge in [-0.25, -0.2) is 8.42 Å². The molecule has 0 aromatic heterocycles. The molecule has 0 aliphatic heterocycles. The average molecular weight is 209 g/mol. The first-order valence-corrected chi connectivity index (χ1v) is 4.55. The molecule has 0 bridgehead atoms. The summed E-state index contributed by atoms with van der Waals surface area (Å²) in [6.07, 6.45) is 0. The average Bonchev–Trinajstić information content (AvgIpc) is 1.86. The van der Waals surface area contributed by atoms with E-state index in [1.54, 1.807) is 12.1 Å². The molecular weight excluding hydrogens is 201 g/mol. The van der Waals surface area contributed by atoms with Crippen LogP contribution in [0.5, 0.6) is 0 Å². The van der Waals surface area contributed by atoms with Gasteiger partial charge < -0.3 is 5.14 Å². The normalized spacial score (nSPS) is 10.5. The molecule has 0 saturated carbocycles. The second-order valence-corrected chi connectivity index (χ2v) is 3.79. The van der Waals surface area contributed by atoms with E-state index in [0.29, 0.717) is 0 Å². The minimum absolute atomic E-state index is 0. The number of aryl methyl sites for hydroxylation is 1. The molecule has 0 aliphatic rings. The van der Waals surface area contributed by atoms with Crippen LogP contribution in [-0.4, -0.2) is 8.42 Å².